The number of methoxy groups -OCH3 is 1. The van der Waals surface area contributed by atoms with E-state index in [1.54, 1.807) is 13.3 Å². The predicted octanol–water partition coefficient (Wildman–Crippen LogP) is 2.46. The van der Waals surface area contributed by atoms with Crippen molar-refractivity contribution in [2.45, 2.75) is 25.5 Å². The van der Waals surface area contributed by atoms with Gasteiger partial charge in [0.05, 0.1) is 30.2 Å². The first-order valence-electron chi connectivity index (χ1n) is 11.5. The molecule has 1 amide bonds. The lowest BCUT2D eigenvalue weighted by Gasteiger charge is -2.35. The summed E-state index contributed by atoms with van der Waals surface area (Å²) in [4.78, 5) is 19.2. The average Bonchev–Trinajstić information content (AvgIpc) is 2.84. The number of hydrogen-bond donors (Lipinski definition) is 3. The van der Waals surface area contributed by atoms with Crippen LogP contribution in [-0.4, -0.2) is 68.0 Å². The zero-order valence-electron chi connectivity index (χ0n) is 19.4. The summed E-state index contributed by atoms with van der Waals surface area (Å²) in [5, 5.41) is 7.02. The maximum absolute atomic E-state index is 12.2. The number of nitrogens with zero attached hydrogens (tertiary/aromatic N) is 2. The summed E-state index contributed by atoms with van der Waals surface area (Å²) in [7, 11) is 1.70. The van der Waals surface area contributed by atoms with Crippen LogP contribution in [0.2, 0.25) is 0 Å². The molecule has 1 saturated heterocycles. The number of aromatic nitrogens is 1. The van der Waals surface area contributed by atoms with Crippen LogP contribution < -0.4 is 16.4 Å². The number of primary amides is 1. The van der Waals surface area contributed by atoms with Crippen LogP contribution in [0.1, 0.15) is 33.6 Å². The molecule has 0 bridgehead atoms. The number of carbonyl (C=O) groups is 1. The number of ether oxygens (including phenoxy) is 2. The lowest BCUT2D eigenvalue weighted by atomic mass is 9.91. The van der Waals surface area contributed by atoms with Gasteiger partial charge in [0.25, 0.3) is 5.91 Å². The van der Waals surface area contributed by atoms with Crippen molar-refractivity contribution in [3.8, 4) is 0 Å². The minimum absolute atomic E-state index is 0.365. The summed E-state index contributed by atoms with van der Waals surface area (Å²) < 4.78 is 11.4. The number of nitrogens with two attached hydrogens (primary N) is 1. The molecule has 2 aromatic rings. The first kappa shape index (κ1) is 23.4. The van der Waals surface area contributed by atoms with Gasteiger partial charge >= 0.3 is 0 Å². The highest BCUT2D eigenvalue weighted by Gasteiger charge is 2.33. The van der Waals surface area contributed by atoms with Crippen LogP contribution in [-0.2, 0) is 15.9 Å². The maximum Gasteiger partial charge on any atom is 0.252 e. The number of carbonyl (C=O) groups excluding carboxylic acids is 1. The SMILES string of the molecule is COC1(NCCCN2CCOCC2)C=Cc2ncc(C(N)=O)c(Nc3ccccc3C)c2C1. The Labute approximate surface area is 195 Å². The molecule has 8 heteroatoms. The lowest BCUT2D eigenvalue weighted by Crippen LogP contribution is -2.49. The molecule has 1 aromatic carbocycles. The van der Waals surface area contributed by atoms with Crippen LogP contribution >= 0.6 is 0 Å². The van der Waals surface area contributed by atoms with Crippen molar-refractivity contribution < 1.29 is 14.3 Å². The molecule has 4 rings (SSSR count). The second kappa shape index (κ2) is 10.4. The Hall–Kier alpha value is -2.78. The number of para-hydroxylation sites is 1. The molecule has 1 unspecified atom stereocenters. The fourth-order valence-electron chi connectivity index (χ4n) is 4.36. The highest BCUT2D eigenvalue weighted by Crippen LogP contribution is 2.35. The number of nitrogens with one attached hydrogen (secondary N) is 2. The summed E-state index contributed by atoms with van der Waals surface area (Å²) in [5.74, 6) is -0.516. The van der Waals surface area contributed by atoms with E-state index in [0.29, 0.717) is 17.7 Å². The van der Waals surface area contributed by atoms with Gasteiger partial charge in [-0.3, -0.25) is 20.0 Å². The number of rotatable bonds is 9. The van der Waals surface area contributed by atoms with Crippen molar-refractivity contribution in [3.63, 3.8) is 0 Å². The standard InChI is InChI=1S/C25H33N5O3/c1-18-6-3-4-7-21(18)29-23-19-16-25(32-2,9-8-22(19)27-17-20(23)24(26)31)28-10-5-11-30-12-14-33-15-13-30/h3-4,6-9,17,28H,5,10-16H2,1-2H3,(H2,26,31)(H,27,29). The molecule has 176 valence electrons. The Balaban J connectivity index is 1.54. The molecule has 1 aromatic heterocycles. The van der Waals surface area contributed by atoms with E-state index in [1.165, 1.54) is 0 Å². The summed E-state index contributed by atoms with van der Waals surface area (Å²) in [5.41, 5.74) is 9.78. The molecule has 1 aliphatic carbocycles. The largest absolute Gasteiger partial charge is 0.379 e. The van der Waals surface area contributed by atoms with Gasteiger partial charge < -0.3 is 20.5 Å². The number of anilines is 2. The Morgan fingerprint density at radius 2 is 2.09 bits per heavy atom. The topological polar surface area (TPSA) is 102 Å². The summed E-state index contributed by atoms with van der Waals surface area (Å²) in [6.45, 7) is 7.42. The third kappa shape index (κ3) is 5.42. The second-order valence-electron chi connectivity index (χ2n) is 8.55. The van der Waals surface area contributed by atoms with Crippen molar-refractivity contribution in [1.82, 2.24) is 15.2 Å². The van der Waals surface area contributed by atoms with Gasteiger partial charge in [-0.15, -0.1) is 0 Å². The number of fused-ring (bicyclic) bond motifs is 1. The lowest BCUT2D eigenvalue weighted by molar-refractivity contribution is 0.000614. The van der Waals surface area contributed by atoms with E-state index in [2.05, 4.69) is 20.5 Å². The second-order valence-corrected chi connectivity index (χ2v) is 8.55. The normalized spacial score (nSPS) is 20.4. The van der Waals surface area contributed by atoms with Crippen LogP contribution in [0.25, 0.3) is 6.08 Å². The Morgan fingerprint density at radius 1 is 1.30 bits per heavy atom. The molecule has 1 atom stereocenters. The van der Waals surface area contributed by atoms with Gasteiger partial charge in [-0.2, -0.15) is 0 Å². The quantitative estimate of drug-likeness (QED) is 0.398. The first-order valence-corrected chi connectivity index (χ1v) is 11.5. The smallest absolute Gasteiger partial charge is 0.252 e. The molecule has 0 saturated carbocycles. The molecule has 1 fully saturated rings. The number of morpholine rings is 1. The fraction of sp³-hybridized carbons (Fsp3) is 0.440. The zero-order valence-corrected chi connectivity index (χ0v) is 19.4. The minimum Gasteiger partial charge on any atom is -0.379 e. The Kier molecular flexibility index (Phi) is 7.39. The van der Waals surface area contributed by atoms with E-state index >= 15 is 0 Å². The third-order valence-electron chi connectivity index (χ3n) is 6.38. The van der Waals surface area contributed by atoms with E-state index in [4.69, 9.17) is 15.2 Å². The van der Waals surface area contributed by atoms with Gasteiger partial charge in [0.15, 0.2) is 0 Å². The molecule has 0 radical (unpaired) electrons. The number of amides is 1. The van der Waals surface area contributed by atoms with Crippen molar-refractivity contribution in [2.75, 3.05) is 51.8 Å². The first-order chi connectivity index (χ1) is 16.0. The van der Waals surface area contributed by atoms with Gasteiger partial charge in [0.1, 0.15) is 5.72 Å². The van der Waals surface area contributed by atoms with Crippen molar-refractivity contribution in [2.24, 2.45) is 5.73 Å². The summed E-state index contributed by atoms with van der Waals surface area (Å²) in [6, 6.07) is 7.95. The molecule has 4 N–H and O–H groups in total. The number of pyridine rings is 1. The number of aryl methyl sites for hydroxylation is 1. The van der Waals surface area contributed by atoms with Crippen molar-refractivity contribution in [1.29, 1.82) is 0 Å². The zero-order chi connectivity index (χ0) is 23.3. The van der Waals surface area contributed by atoms with Crippen molar-refractivity contribution >= 4 is 23.4 Å². The maximum atomic E-state index is 12.2. The molecule has 1 aliphatic heterocycles. The van der Waals surface area contributed by atoms with Crippen LogP contribution in [0, 0.1) is 6.92 Å². The van der Waals surface area contributed by atoms with E-state index in [-0.39, 0.29) is 0 Å². The van der Waals surface area contributed by atoms with E-state index in [1.807, 2.05) is 43.3 Å². The van der Waals surface area contributed by atoms with E-state index in [0.717, 1.165) is 68.3 Å². The highest BCUT2D eigenvalue weighted by atomic mass is 16.5. The third-order valence-corrected chi connectivity index (χ3v) is 6.38. The van der Waals surface area contributed by atoms with Gasteiger partial charge in [-0.1, -0.05) is 18.2 Å². The fourth-order valence-corrected chi connectivity index (χ4v) is 4.36. The molecular formula is C25H33N5O3. The van der Waals surface area contributed by atoms with Gasteiger partial charge in [-0.05, 0) is 50.2 Å². The molecule has 33 heavy (non-hydrogen) atoms. The monoisotopic (exact) mass is 451 g/mol. The molecule has 8 nitrogen and oxygen atoms in total. The van der Waals surface area contributed by atoms with Crippen LogP contribution in [0.5, 0.6) is 0 Å². The molecule has 2 heterocycles. The molecule has 2 aliphatic rings. The number of hydrogen-bond acceptors (Lipinski definition) is 7. The van der Waals surface area contributed by atoms with E-state index in [9.17, 15) is 4.79 Å². The van der Waals surface area contributed by atoms with Crippen molar-refractivity contribution in [3.05, 3.63) is 58.9 Å². The van der Waals surface area contributed by atoms with Gasteiger partial charge in [0.2, 0.25) is 0 Å². The van der Waals surface area contributed by atoms with Crippen LogP contribution in [0.15, 0.2) is 36.5 Å². The Bertz CT molecular complexity index is 1020. The van der Waals surface area contributed by atoms with E-state index < -0.39 is 11.6 Å². The predicted molar refractivity (Wildman–Crippen MR) is 130 cm³/mol. The summed E-state index contributed by atoms with van der Waals surface area (Å²) in [6.07, 6.45) is 7.03. The molecular weight excluding hydrogens is 418 g/mol. The van der Waals surface area contributed by atoms with Crippen LogP contribution in [0.4, 0.5) is 11.4 Å². The Morgan fingerprint density at radius 3 is 2.82 bits per heavy atom. The van der Waals surface area contributed by atoms with Crippen LogP contribution in [0.3, 0.4) is 0 Å². The highest BCUT2D eigenvalue weighted by molar-refractivity contribution is 6.00. The summed E-state index contributed by atoms with van der Waals surface area (Å²) >= 11 is 0. The minimum atomic E-state index is -0.682. The van der Waals surface area contributed by atoms with Gasteiger partial charge in [-0.25, -0.2) is 0 Å². The number of benzene rings is 1. The average molecular weight is 452 g/mol. The molecule has 0 spiro atoms. The van der Waals surface area contributed by atoms with Gasteiger partial charge in [0, 0.05) is 44.1 Å².